The van der Waals surface area contributed by atoms with Gasteiger partial charge in [0.15, 0.2) is 0 Å². The molecule has 1 aromatic rings. The first-order valence-electron chi connectivity index (χ1n) is 9.52. The zero-order chi connectivity index (χ0) is 17.5. The van der Waals surface area contributed by atoms with E-state index in [0.29, 0.717) is 25.7 Å². The number of carbonyl (C=O) groups excluding carboxylic acids is 2. The Bertz CT molecular complexity index is 552. The van der Waals surface area contributed by atoms with Crippen LogP contribution in [0.2, 0.25) is 0 Å². The summed E-state index contributed by atoms with van der Waals surface area (Å²) in [5.74, 6) is 0.905. The third-order valence-electron chi connectivity index (χ3n) is 5.23. The van der Waals surface area contributed by atoms with Gasteiger partial charge >= 0.3 is 0 Å². The number of amides is 2. The molecule has 2 amide bonds. The summed E-state index contributed by atoms with van der Waals surface area (Å²) in [5, 5.41) is 6.09. The average molecular weight is 347 g/mol. The molecular formula is C19H29N3O3. The van der Waals surface area contributed by atoms with Crippen molar-refractivity contribution in [2.24, 2.45) is 5.92 Å². The van der Waals surface area contributed by atoms with Gasteiger partial charge in [-0.3, -0.25) is 14.5 Å². The maximum absolute atomic E-state index is 12.5. The number of carbonyl (C=O) groups is 2. The minimum atomic E-state index is -0.0234. The van der Waals surface area contributed by atoms with Crippen LogP contribution in [-0.4, -0.2) is 42.4 Å². The summed E-state index contributed by atoms with van der Waals surface area (Å²) in [5.41, 5.74) is 0. The van der Waals surface area contributed by atoms with Crippen molar-refractivity contribution in [3.63, 3.8) is 0 Å². The van der Waals surface area contributed by atoms with Crippen LogP contribution in [0.4, 0.5) is 0 Å². The lowest BCUT2D eigenvalue weighted by Gasteiger charge is -2.33. The molecule has 3 rings (SSSR count). The molecule has 0 bridgehead atoms. The molecule has 0 spiro atoms. The Balaban J connectivity index is 1.40. The molecule has 2 N–H and O–H groups in total. The van der Waals surface area contributed by atoms with Gasteiger partial charge in [0.2, 0.25) is 11.8 Å². The van der Waals surface area contributed by atoms with Gasteiger partial charge in [-0.05, 0) is 44.4 Å². The van der Waals surface area contributed by atoms with Gasteiger partial charge in [-0.15, -0.1) is 0 Å². The molecule has 1 saturated heterocycles. The van der Waals surface area contributed by atoms with Crippen LogP contribution in [0.5, 0.6) is 0 Å². The zero-order valence-corrected chi connectivity index (χ0v) is 14.8. The van der Waals surface area contributed by atoms with Crippen LogP contribution in [0.1, 0.15) is 50.7 Å². The summed E-state index contributed by atoms with van der Waals surface area (Å²) in [6.07, 6.45) is 9.43. The number of hydrogen-bond acceptors (Lipinski definition) is 4. The van der Waals surface area contributed by atoms with Gasteiger partial charge in [0.05, 0.1) is 25.3 Å². The van der Waals surface area contributed by atoms with Crippen LogP contribution in [0.15, 0.2) is 22.8 Å². The van der Waals surface area contributed by atoms with E-state index in [-0.39, 0.29) is 17.7 Å². The molecule has 2 heterocycles. The second kappa shape index (κ2) is 9.04. The van der Waals surface area contributed by atoms with Crippen LogP contribution in [0.25, 0.3) is 0 Å². The standard InChI is InChI=1S/C19H29N3O3/c23-18(20-12-17-9-5-11-25-17)14-22-10-4-6-15(13-22)19(24)21-16-7-2-1-3-8-16/h5,9,11,15-16H,1-4,6-8,10,12-14H2,(H,20,23)(H,21,24). The summed E-state index contributed by atoms with van der Waals surface area (Å²) < 4.78 is 5.21. The Morgan fingerprint density at radius 3 is 2.76 bits per heavy atom. The van der Waals surface area contributed by atoms with Crippen molar-refractivity contribution in [2.75, 3.05) is 19.6 Å². The summed E-state index contributed by atoms with van der Waals surface area (Å²) >= 11 is 0. The molecule has 0 aromatic carbocycles. The first kappa shape index (κ1) is 18.0. The van der Waals surface area contributed by atoms with E-state index in [1.54, 1.807) is 6.26 Å². The van der Waals surface area contributed by atoms with Gasteiger partial charge in [-0.2, -0.15) is 0 Å². The topological polar surface area (TPSA) is 74.6 Å². The highest BCUT2D eigenvalue weighted by Gasteiger charge is 2.28. The highest BCUT2D eigenvalue weighted by molar-refractivity contribution is 5.80. The predicted octanol–water partition coefficient (Wildman–Crippen LogP) is 2.06. The highest BCUT2D eigenvalue weighted by Crippen LogP contribution is 2.20. The Hall–Kier alpha value is -1.82. The number of hydrogen-bond donors (Lipinski definition) is 2. The van der Waals surface area contributed by atoms with Gasteiger partial charge in [0, 0.05) is 12.6 Å². The van der Waals surface area contributed by atoms with E-state index >= 15 is 0 Å². The Morgan fingerprint density at radius 2 is 2.00 bits per heavy atom. The quantitative estimate of drug-likeness (QED) is 0.826. The fraction of sp³-hybridized carbons (Fsp3) is 0.684. The number of furan rings is 1. The number of piperidine rings is 1. The van der Waals surface area contributed by atoms with Crippen molar-refractivity contribution in [3.8, 4) is 0 Å². The van der Waals surface area contributed by atoms with E-state index in [0.717, 1.165) is 38.0 Å². The minimum Gasteiger partial charge on any atom is -0.467 e. The maximum atomic E-state index is 12.5. The minimum absolute atomic E-state index is 0.00792. The Labute approximate surface area is 149 Å². The smallest absolute Gasteiger partial charge is 0.234 e. The molecule has 6 nitrogen and oxygen atoms in total. The molecular weight excluding hydrogens is 318 g/mol. The van der Waals surface area contributed by atoms with Gasteiger partial charge in [-0.25, -0.2) is 0 Å². The first-order chi connectivity index (χ1) is 12.2. The van der Waals surface area contributed by atoms with Gasteiger partial charge < -0.3 is 15.1 Å². The molecule has 138 valence electrons. The number of rotatable bonds is 6. The SMILES string of the molecule is O=C(CN1CCCC(C(=O)NC2CCCCC2)C1)NCc1ccco1. The lowest BCUT2D eigenvalue weighted by atomic mass is 9.93. The molecule has 2 aliphatic rings. The summed E-state index contributed by atoms with van der Waals surface area (Å²) in [4.78, 5) is 26.7. The van der Waals surface area contributed by atoms with Crippen LogP contribution in [-0.2, 0) is 16.1 Å². The molecule has 6 heteroatoms. The van der Waals surface area contributed by atoms with E-state index in [1.165, 1.54) is 19.3 Å². The molecule has 25 heavy (non-hydrogen) atoms. The lowest BCUT2D eigenvalue weighted by Crippen LogP contribution is -2.48. The number of likely N-dealkylation sites (tertiary alicyclic amines) is 1. The monoisotopic (exact) mass is 347 g/mol. The van der Waals surface area contributed by atoms with Crippen molar-refractivity contribution in [1.82, 2.24) is 15.5 Å². The molecule has 1 aromatic heterocycles. The molecule has 0 radical (unpaired) electrons. The first-order valence-corrected chi connectivity index (χ1v) is 9.52. The van der Waals surface area contributed by atoms with Crippen LogP contribution < -0.4 is 10.6 Å². The Kier molecular flexibility index (Phi) is 6.50. The van der Waals surface area contributed by atoms with Gasteiger partial charge in [-0.1, -0.05) is 19.3 Å². The van der Waals surface area contributed by atoms with E-state index in [9.17, 15) is 9.59 Å². The summed E-state index contributed by atoms with van der Waals surface area (Å²) in [6, 6.07) is 4.00. The number of nitrogens with one attached hydrogen (secondary N) is 2. The predicted molar refractivity (Wildman–Crippen MR) is 94.7 cm³/mol. The van der Waals surface area contributed by atoms with Crippen molar-refractivity contribution in [3.05, 3.63) is 24.2 Å². The van der Waals surface area contributed by atoms with Crippen molar-refractivity contribution < 1.29 is 14.0 Å². The van der Waals surface area contributed by atoms with E-state index < -0.39 is 0 Å². The lowest BCUT2D eigenvalue weighted by molar-refractivity contribution is -0.129. The zero-order valence-electron chi connectivity index (χ0n) is 14.8. The van der Waals surface area contributed by atoms with Crippen LogP contribution >= 0.6 is 0 Å². The molecule has 1 atom stereocenters. The molecule has 2 fully saturated rings. The van der Waals surface area contributed by atoms with Crippen molar-refractivity contribution in [2.45, 2.75) is 57.5 Å². The molecule has 1 aliphatic heterocycles. The van der Waals surface area contributed by atoms with Crippen LogP contribution in [0.3, 0.4) is 0 Å². The fourth-order valence-electron chi connectivity index (χ4n) is 3.84. The largest absolute Gasteiger partial charge is 0.467 e. The average Bonchev–Trinajstić information content (AvgIpc) is 3.15. The third-order valence-corrected chi connectivity index (χ3v) is 5.23. The second-order valence-electron chi connectivity index (χ2n) is 7.27. The number of nitrogens with zero attached hydrogens (tertiary/aromatic N) is 1. The summed E-state index contributed by atoms with van der Waals surface area (Å²) in [7, 11) is 0. The second-order valence-corrected chi connectivity index (χ2v) is 7.27. The summed E-state index contributed by atoms with van der Waals surface area (Å²) in [6.45, 7) is 2.30. The third kappa shape index (κ3) is 5.59. The maximum Gasteiger partial charge on any atom is 0.234 e. The van der Waals surface area contributed by atoms with E-state index in [2.05, 4.69) is 15.5 Å². The normalized spacial score (nSPS) is 22.5. The van der Waals surface area contributed by atoms with Gasteiger partial charge in [0.1, 0.15) is 5.76 Å². The van der Waals surface area contributed by atoms with Crippen molar-refractivity contribution >= 4 is 11.8 Å². The van der Waals surface area contributed by atoms with E-state index in [1.807, 2.05) is 12.1 Å². The Morgan fingerprint density at radius 1 is 1.16 bits per heavy atom. The molecule has 1 aliphatic carbocycles. The van der Waals surface area contributed by atoms with E-state index in [4.69, 9.17) is 4.42 Å². The molecule has 1 unspecified atom stereocenters. The van der Waals surface area contributed by atoms with Crippen molar-refractivity contribution in [1.29, 1.82) is 0 Å². The van der Waals surface area contributed by atoms with Gasteiger partial charge in [0.25, 0.3) is 0 Å². The molecule has 1 saturated carbocycles. The highest BCUT2D eigenvalue weighted by atomic mass is 16.3. The fourth-order valence-corrected chi connectivity index (χ4v) is 3.84. The van der Waals surface area contributed by atoms with Crippen LogP contribution in [0, 0.1) is 5.92 Å².